The number of halogens is 1. The maximum atomic E-state index is 13.0. The first-order valence-electron chi connectivity index (χ1n) is 8.95. The van der Waals surface area contributed by atoms with Crippen LogP contribution in [0.5, 0.6) is 0 Å². The second-order valence-corrected chi connectivity index (χ2v) is 6.80. The monoisotopic (exact) mass is 346 g/mol. The van der Waals surface area contributed by atoms with Crippen LogP contribution in [0.15, 0.2) is 24.3 Å². The molecule has 0 bridgehead atoms. The molecule has 0 aliphatic carbocycles. The van der Waals surface area contributed by atoms with Crippen LogP contribution in [0, 0.1) is 19.7 Å². The van der Waals surface area contributed by atoms with Crippen LogP contribution in [0.1, 0.15) is 29.8 Å². The topological polar surface area (TPSA) is 53.3 Å². The molecule has 1 fully saturated rings. The van der Waals surface area contributed by atoms with E-state index >= 15 is 0 Å². The lowest BCUT2D eigenvalue weighted by Crippen LogP contribution is -2.38. The van der Waals surface area contributed by atoms with Gasteiger partial charge in [0.15, 0.2) is 0 Å². The maximum Gasteiger partial charge on any atom is 0.123 e. The fourth-order valence-electron chi connectivity index (χ4n) is 3.52. The van der Waals surface area contributed by atoms with Crippen molar-refractivity contribution in [3.8, 4) is 0 Å². The van der Waals surface area contributed by atoms with Gasteiger partial charge in [-0.3, -0.25) is 9.58 Å². The van der Waals surface area contributed by atoms with Crippen molar-refractivity contribution in [2.24, 2.45) is 0 Å². The third-order valence-electron chi connectivity index (χ3n) is 5.03. The van der Waals surface area contributed by atoms with Crippen molar-refractivity contribution < 1.29 is 9.50 Å². The van der Waals surface area contributed by atoms with Crippen LogP contribution < -0.4 is 5.32 Å². The third kappa shape index (κ3) is 4.38. The third-order valence-corrected chi connectivity index (χ3v) is 5.03. The molecule has 0 radical (unpaired) electrons. The summed E-state index contributed by atoms with van der Waals surface area (Å²) < 4.78 is 14.9. The zero-order chi connectivity index (χ0) is 17.8. The Kier molecular flexibility index (Phi) is 5.71. The quantitative estimate of drug-likeness (QED) is 0.844. The van der Waals surface area contributed by atoms with E-state index in [0.717, 1.165) is 49.6 Å². The van der Waals surface area contributed by atoms with Crippen molar-refractivity contribution in [3.63, 3.8) is 0 Å². The molecule has 136 valence electrons. The molecule has 0 unspecified atom stereocenters. The molecule has 25 heavy (non-hydrogen) atoms. The lowest BCUT2D eigenvalue weighted by molar-refractivity contribution is 0.210. The summed E-state index contributed by atoms with van der Waals surface area (Å²) in [5, 5.41) is 17.2. The van der Waals surface area contributed by atoms with Crippen molar-refractivity contribution in [2.45, 2.75) is 45.8 Å². The van der Waals surface area contributed by atoms with Crippen LogP contribution in [0.2, 0.25) is 0 Å². The Labute approximate surface area is 148 Å². The molecule has 1 saturated heterocycles. The molecular weight excluding hydrogens is 319 g/mol. The molecule has 0 amide bonds. The molecule has 0 atom stereocenters. The summed E-state index contributed by atoms with van der Waals surface area (Å²) in [6, 6.07) is 7.01. The Balaban J connectivity index is 1.53. The van der Waals surface area contributed by atoms with Gasteiger partial charge in [0.05, 0.1) is 18.8 Å². The van der Waals surface area contributed by atoms with Gasteiger partial charge in [-0.1, -0.05) is 0 Å². The molecule has 1 aromatic carbocycles. The standard InChI is InChI=1S/C19H27FN4O/c1-14-19(15(2)24(22-14)11-12-25)13-23-9-7-18(8-10-23)21-17-5-3-16(20)4-6-17/h3-6,18,21,25H,7-13H2,1-2H3. The van der Waals surface area contributed by atoms with E-state index in [2.05, 4.69) is 22.2 Å². The number of anilines is 1. The highest BCUT2D eigenvalue weighted by atomic mass is 19.1. The number of hydrogen-bond donors (Lipinski definition) is 2. The van der Waals surface area contributed by atoms with Crippen molar-refractivity contribution >= 4 is 5.69 Å². The molecule has 6 heteroatoms. The summed E-state index contributed by atoms with van der Waals surface area (Å²) in [5.74, 6) is -0.201. The second kappa shape index (κ2) is 7.97. The number of hydrogen-bond acceptors (Lipinski definition) is 4. The lowest BCUT2D eigenvalue weighted by Gasteiger charge is -2.33. The highest BCUT2D eigenvalue weighted by Crippen LogP contribution is 2.21. The van der Waals surface area contributed by atoms with Crippen molar-refractivity contribution in [1.82, 2.24) is 14.7 Å². The predicted octanol–water partition coefficient (Wildman–Crippen LogP) is 2.71. The van der Waals surface area contributed by atoms with E-state index in [1.54, 1.807) is 12.1 Å². The van der Waals surface area contributed by atoms with Gasteiger partial charge in [-0.15, -0.1) is 0 Å². The van der Waals surface area contributed by atoms with Gasteiger partial charge in [0.2, 0.25) is 0 Å². The van der Waals surface area contributed by atoms with Crippen LogP contribution in [0.3, 0.4) is 0 Å². The fourth-order valence-corrected chi connectivity index (χ4v) is 3.52. The minimum Gasteiger partial charge on any atom is -0.394 e. The van der Waals surface area contributed by atoms with Gasteiger partial charge in [-0.2, -0.15) is 5.10 Å². The van der Waals surface area contributed by atoms with Crippen LogP contribution >= 0.6 is 0 Å². The van der Waals surface area contributed by atoms with E-state index in [0.29, 0.717) is 12.6 Å². The molecular formula is C19H27FN4O. The van der Waals surface area contributed by atoms with Crippen molar-refractivity contribution in [2.75, 3.05) is 25.0 Å². The largest absolute Gasteiger partial charge is 0.394 e. The van der Waals surface area contributed by atoms with Gasteiger partial charge in [0, 0.05) is 42.6 Å². The van der Waals surface area contributed by atoms with Gasteiger partial charge in [-0.25, -0.2) is 4.39 Å². The number of likely N-dealkylation sites (tertiary alicyclic amines) is 1. The number of aryl methyl sites for hydroxylation is 1. The zero-order valence-electron chi connectivity index (χ0n) is 15.0. The highest BCUT2D eigenvalue weighted by Gasteiger charge is 2.21. The summed E-state index contributed by atoms with van der Waals surface area (Å²) >= 11 is 0. The molecule has 2 N–H and O–H groups in total. The number of rotatable bonds is 6. The normalized spacial score (nSPS) is 16.3. The summed E-state index contributed by atoms with van der Waals surface area (Å²) in [7, 11) is 0. The Morgan fingerprint density at radius 2 is 1.88 bits per heavy atom. The molecule has 1 aliphatic rings. The first-order valence-corrected chi connectivity index (χ1v) is 8.95. The lowest BCUT2D eigenvalue weighted by atomic mass is 10.0. The molecule has 0 saturated carbocycles. The summed E-state index contributed by atoms with van der Waals surface area (Å²) in [4.78, 5) is 2.46. The molecule has 5 nitrogen and oxygen atoms in total. The Morgan fingerprint density at radius 3 is 2.52 bits per heavy atom. The zero-order valence-corrected chi connectivity index (χ0v) is 15.0. The number of aliphatic hydroxyl groups excluding tert-OH is 1. The van der Waals surface area contributed by atoms with E-state index in [1.807, 2.05) is 11.6 Å². The van der Waals surface area contributed by atoms with E-state index < -0.39 is 0 Å². The number of nitrogens with zero attached hydrogens (tertiary/aromatic N) is 3. The molecule has 0 spiro atoms. The van der Waals surface area contributed by atoms with Gasteiger partial charge in [0.25, 0.3) is 0 Å². The molecule has 3 rings (SSSR count). The van der Waals surface area contributed by atoms with E-state index in [1.165, 1.54) is 17.7 Å². The first-order chi connectivity index (χ1) is 12.1. The molecule has 1 aliphatic heterocycles. The Hall–Kier alpha value is -1.92. The second-order valence-electron chi connectivity index (χ2n) is 6.80. The van der Waals surface area contributed by atoms with E-state index in [4.69, 9.17) is 5.11 Å². The molecule has 2 heterocycles. The average molecular weight is 346 g/mol. The van der Waals surface area contributed by atoms with Crippen molar-refractivity contribution in [1.29, 1.82) is 0 Å². The molecule has 1 aromatic heterocycles. The van der Waals surface area contributed by atoms with Gasteiger partial charge >= 0.3 is 0 Å². The minimum atomic E-state index is -0.201. The van der Waals surface area contributed by atoms with Gasteiger partial charge in [-0.05, 0) is 51.0 Å². The minimum absolute atomic E-state index is 0.113. The van der Waals surface area contributed by atoms with Crippen LogP contribution in [0.25, 0.3) is 0 Å². The van der Waals surface area contributed by atoms with E-state index in [-0.39, 0.29) is 12.4 Å². The summed E-state index contributed by atoms with van der Waals surface area (Å²) in [6.45, 7) is 7.75. The summed E-state index contributed by atoms with van der Waals surface area (Å²) in [5.41, 5.74) is 4.46. The number of nitrogens with one attached hydrogen (secondary N) is 1. The Morgan fingerprint density at radius 1 is 1.20 bits per heavy atom. The van der Waals surface area contributed by atoms with Crippen LogP contribution in [0.4, 0.5) is 10.1 Å². The first kappa shape index (κ1) is 17.9. The fraction of sp³-hybridized carbons (Fsp3) is 0.526. The number of piperidine rings is 1. The van der Waals surface area contributed by atoms with E-state index in [9.17, 15) is 4.39 Å². The van der Waals surface area contributed by atoms with Crippen LogP contribution in [-0.2, 0) is 13.1 Å². The van der Waals surface area contributed by atoms with Gasteiger partial charge in [0.1, 0.15) is 5.82 Å². The average Bonchev–Trinajstić information content (AvgIpc) is 2.86. The predicted molar refractivity (Wildman–Crippen MR) is 97.1 cm³/mol. The maximum absolute atomic E-state index is 13.0. The SMILES string of the molecule is Cc1nn(CCO)c(C)c1CN1CCC(Nc2ccc(F)cc2)CC1. The number of benzene rings is 1. The Bertz CT molecular complexity index is 690. The van der Waals surface area contributed by atoms with Gasteiger partial charge < -0.3 is 10.4 Å². The summed E-state index contributed by atoms with van der Waals surface area (Å²) in [6.07, 6.45) is 2.14. The number of aromatic nitrogens is 2. The van der Waals surface area contributed by atoms with Crippen LogP contribution in [-0.4, -0.2) is 45.5 Å². The highest BCUT2D eigenvalue weighted by molar-refractivity contribution is 5.43. The van der Waals surface area contributed by atoms with Crippen molar-refractivity contribution in [3.05, 3.63) is 47.0 Å². The molecule has 2 aromatic rings. The smallest absolute Gasteiger partial charge is 0.123 e. The number of aliphatic hydroxyl groups is 1.